The Balaban J connectivity index is 1.62. The van der Waals surface area contributed by atoms with Gasteiger partial charge in [-0.1, -0.05) is 36.4 Å². The largest absolute Gasteiger partial charge is 0.416 e. The van der Waals surface area contributed by atoms with Crippen LogP contribution in [0.2, 0.25) is 0 Å². The number of hydrogen-bond donors (Lipinski definition) is 2. The molecule has 0 spiro atoms. The molecule has 0 saturated carbocycles. The van der Waals surface area contributed by atoms with E-state index in [0.717, 1.165) is 17.7 Å². The molecule has 0 atom stereocenters. The van der Waals surface area contributed by atoms with Crippen LogP contribution in [0.4, 0.5) is 33.7 Å². The van der Waals surface area contributed by atoms with Crippen LogP contribution in [0.15, 0.2) is 84.9 Å². The van der Waals surface area contributed by atoms with Gasteiger partial charge in [0.05, 0.1) is 5.56 Å². The fourth-order valence-corrected chi connectivity index (χ4v) is 3.18. The summed E-state index contributed by atoms with van der Waals surface area (Å²) in [7, 11) is 0. The number of carbonyl (C=O) groups is 2. The van der Waals surface area contributed by atoms with Gasteiger partial charge in [0.25, 0.3) is 0 Å². The Kier molecular flexibility index (Phi) is 8.61. The van der Waals surface area contributed by atoms with E-state index in [9.17, 15) is 27.2 Å². The molecule has 0 aliphatic heterocycles. The summed E-state index contributed by atoms with van der Waals surface area (Å²) in [5, 5.41) is 5.16. The zero-order valence-electron chi connectivity index (χ0n) is 18.6. The highest BCUT2D eigenvalue weighted by Crippen LogP contribution is 2.30. The number of alkyl halides is 3. The van der Waals surface area contributed by atoms with Crippen LogP contribution < -0.4 is 15.5 Å². The second-order valence-corrected chi connectivity index (χ2v) is 7.53. The van der Waals surface area contributed by atoms with Gasteiger partial charge in [0.1, 0.15) is 5.82 Å². The monoisotopic (exact) mass is 485 g/mol. The zero-order chi connectivity index (χ0) is 25.3. The van der Waals surface area contributed by atoms with E-state index in [4.69, 9.17) is 0 Å². The molecule has 3 aromatic carbocycles. The molecule has 0 heterocycles. The van der Waals surface area contributed by atoms with Gasteiger partial charge in [0.2, 0.25) is 5.91 Å². The third-order valence-electron chi connectivity index (χ3n) is 4.91. The van der Waals surface area contributed by atoms with Crippen molar-refractivity contribution in [1.29, 1.82) is 0 Å². The van der Waals surface area contributed by atoms with Crippen LogP contribution in [0.25, 0.3) is 6.08 Å². The summed E-state index contributed by atoms with van der Waals surface area (Å²) in [6.45, 7) is 0.367. The topological polar surface area (TPSA) is 61.4 Å². The van der Waals surface area contributed by atoms with Crippen molar-refractivity contribution in [1.82, 2.24) is 5.32 Å². The summed E-state index contributed by atoms with van der Waals surface area (Å²) in [4.78, 5) is 26.2. The van der Waals surface area contributed by atoms with Crippen molar-refractivity contribution < 1.29 is 27.2 Å². The molecule has 0 aliphatic rings. The number of benzene rings is 3. The van der Waals surface area contributed by atoms with Crippen LogP contribution in [0, 0.1) is 5.82 Å². The lowest BCUT2D eigenvalue weighted by Gasteiger charge is -2.23. The van der Waals surface area contributed by atoms with Gasteiger partial charge >= 0.3 is 12.2 Å². The molecule has 0 saturated heterocycles. The minimum atomic E-state index is -4.55. The smallest absolute Gasteiger partial charge is 0.352 e. The van der Waals surface area contributed by atoms with Crippen molar-refractivity contribution in [3.8, 4) is 0 Å². The van der Waals surface area contributed by atoms with E-state index in [0.29, 0.717) is 12.1 Å². The maximum Gasteiger partial charge on any atom is 0.416 e. The van der Waals surface area contributed by atoms with Gasteiger partial charge < -0.3 is 10.6 Å². The van der Waals surface area contributed by atoms with E-state index in [1.807, 2.05) is 30.3 Å². The van der Waals surface area contributed by atoms with Gasteiger partial charge in [-0.25, -0.2) is 9.18 Å². The average molecular weight is 485 g/mol. The molecular weight excluding hydrogens is 462 g/mol. The fraction of sp³-hybridized carbons (Fsp3) is 0.154. The van der Waals surface area contributed by atoms with Crippen molar-refractivity contribution in [3.63, 3.8) is 0 Å². The molecule has 3 aromatic rings. The second-order valence-electron chi connectivity index (χ2n) is 7.53. The summed E-state index contributed by atoms with van der Waals surface area (Å²) in [6.07, 6.45) is -1.14. The highest BCUT2D eigenvalue weighted by molar-refractivity contribution is 6.01. The number of nitrogens with one attached hydrogen (secondary N) is 2. The van der Waals surface area contributed by atoms with Gasteiger partial charge in [-0.2, -0.15) is 13.2 Å². The highest BCUT2D eigenvalue weighted by Gasteiger charge is 2.30. The highest BCUT2D eigenvalue weighted by atomic mass is 19.4. The molecule has 0 bridgehead atoms. The SMILES string of the molecule is O=C(/C=C/c1ccccc1)NCCCN(C(=O)Nc1cccc(C(F)(F)F)c1)c1ccc(F)cc1. The molecule has 0 aromatic heterocycles. The molecule has 5 nitrogen and oxygen atoms in total. The third kappa shape index (κ3) is 7.99. The van der Waals surface area contributed by atoms with Crippen LogP contribution in [0.3, 0.4) is 0 Å². The third-order valence-corrected chi connectivity index (χ3v) is 4.91. The van der Waals surface area contributed by atoms with E-state index in [-0.39, 0.29) is 24.7 Å². The zero-order valence-corrected chi connectivity index (χ0v) is 18.6. The van der Waals surface area contributed by atoms with Gasteiger partial charge in [-0.15, -0.1) is 0 Å². The second kappa shape index (κ2) is 11.8. The predicted molar refractivity (Wildman–Crippen MR) is 127 cm³/mol. The van der Waals surface area contributed by atoms with Crippen molar-refractivity contribution >= 4 is 29.4 Å². The molecule has 182 valence electrons. The maximum absolute atomic E-state index is 13.4. The number of rotatable bonds is 8. The summed E-state index contributed by atoms with van der Waals surface area (Å²) in [5.74, 6) is -0.806. The molecule has 2 N–H and O–H groups in total. The Morgan fingerprint density at radius 2 is 1.63 bits per heavy atom. The van der Waals surface area contributed by atoms with Crippen molar-refractivity contribution in [2.75, 3.05) is 23.3 Å². The summed E-state index contributed by atoms with van der Waals surface area (Å²) in [6, 6.07) is 18.0. The molecule has 9 heteroatoms. The molecule has 0 unspecified atom stereocenters. The van der Waals surface area contributed by atoms with Crippen LogP contribution in [-0.4, -0.2) is 25.0 Å². The lowest BCUT2D eigenvalue weighted by atomic mass is 10.2. The van der Waals surface area contributed by atoms with E-state index in [2.05, 4.69) is 10.6 Å². The minimum absolute atomic E-state index is 0.0312. The lowest BCUT2D eigenvalue weighted by Crippen LogP contribution is -2.37. The quantitative estimate of drug-likeness (QED) is 0.230. The fourth-order valence-electron chi connectivity index (χ4n) is 3.18. The van der Waals surface area contributed by atoms with Crippen LogP contribution in [0.1, 0.15) is 17.5 Å². The summed E-state index contributed by atoms with van der Waals surface area (Å²) in [5.41, 5.74) is 0.300. The normalized spacial score (nSPS) is 11.3. The molecule has 0 aliphatic carbocycles. The van der Waals surface area contributed by atoms with E-state index in [1.54, 1.807) is 6.08 Å². The van der Waals surface area contributed by atoms with E-state index < -0.39 is 23.6 Å². The standard InChI is InChI=1S/C26H23F4N3O2/c27-21-11-13-23(14-12-21)33(25(35)32-22-9-4-8-20(18-22)26(28,29)30)17-5-16-31-24(34)15-10-19-6-2-1-3-7-19/h1-4,6-15,18H,5,16-17H2,(H,31,34)(H,32,35)/b15-10+. The summed E-state index contributed by atoms with van der Waals surface area (Å²) >= 11 is 0. The molecule has 3 rings (SSSR count). The van der Waals surface area contributed by atoms with E-state index >= 15 is 0 Å². The molecule has 0 fully saturated rings. The molecule has 35 heavy (non-hydrogen) atoms. The number of amides is 3. The number of carbonyl (C=O) groups excluding carboxylic acids is 2. The number of nitrogens with zero attached hydrogens (tertiary/aromatic N) is 1. The van der Waals surface area contributed by atoms with Crippen LogP contribution >= 0.6 is 0 Å². The maximum atomic E-state index is 13.4. The first-order valence-electron chi connectivity index (χ1n) is 10.7. The van der Waals surface area contributed by atoms with Gasteiger partial charge in [0.15, 0.2) is 0 Å². The number of urea groups is 1. The lowest BCUT2D eigenvalue weighted by molar-refractivity contribution is -0.137. The Bertz CT molecular complexity index is 1160. The first kappa shape index (κ1) is 25.5. The first-order valence-corrected chi connectivity index (χ1v) is 10.7. The Morgan fingerprint density at radius 1 is 0.914 bits per heavy atom. The number of halogens is 4. The average Bonchev–Trinajstić information content (AvgIpc) is 2.84. The van der Waals surface area contributed by atoms with Gasteiger partial charge in [-0.05, 0) is 60.5 Å². The Morgan fingerprint density at radius 3 is 2.31 bits per heavy atom. The minimum Gasteiger partial charge on any atom is -0.352 e. The van der Waals surface area contributed by atoms with Gasteiger partial charge in [-0.3, -0.25) is 9.69 Å². The van der Waals surface area contributed by atoms with Crippen molar-refractivity contribution in [3.05, 3.63) is 102 Å². The molecule has 0 radical (unpaired) electrons. The predicted octanol–water partition coefficient (Wildman–Crippen LogP) is 6.10. The number of hydrogen-bond acceptors (Lipinski definition) is 2. The Hall–Kier alpha value is -4.14. The van der Waals surface area contributed by atoms with Gasteiger partial charge in [0, 0.05) is 30.5 Å². The van der Waals surface area contributed by atoms with Crippen LogP contribution in [0.5, 0.6) is 0 Å². The first-order chi connectivity index (χ1) is 16.7. The number of anilines is 2. The van der Waals surface area contributed by atoms with Crippen LogP contribution in [-0.2, 0) is 11.0 Å². The van der Waals surface area contributed by atoms with Crippen molar-refractivity contribution in [2.24, 2.45) is 0 Å². The Labute approximate surface area is 200 Å². The molecule has 3 amide bonds. The summed E-state index contributed by atoms with van der Waals surface area (Å²) < 4.78 is 52.3. The molecular formula is C26H23F4N3O2. The van der Waals surface area contributed by atoms with Crippen molar-refractivity contribution in [2.45, 2.75) is 12.6 Å². The van der Waals surface area contributed by atoms with E-state index in [1.165, 1.54) is 47.4 Å².